The second-order valence-corrected chi connectivity index (χ2v) is 8.46. The van der Waals surface area contributed by atoms with Crippen LogP contribution in [0.2, 0.25) is 0 Å². The molecule has 0 amide bonds. The molecule has 0 saturated carbocycles. The molecular formula is C27H23N3O5. The van der Waals surface area contributed by atoms with Gasteiger partial charge in [-0.1, -0.05) is 48.5 Å². The van der Waals surface area contributed by atoms with Crippen molar-refractivity contribution in [3.05, 3.63) is 106 Å². The highest BCUT2D eigenvalue weighted by Crippen LogP contribution is 2.33. The lowest BCUT2D eigenvalue weighted by Crippen LogP contribution is -2.21. The molecule has 3 aromatic carbocycles. The zero-order valence-electron chi connectivity index (χ0n) is 18.8. The SMILES string of the molecule is O=C(OC(C(=O)c1c[nH]c2ccccc12)c1ccccc1)c1ccc(N2CCCC2)c([N+](=O)[O-])c1. The highest BCUT2D eigenvalue weighted by Gasteiger charge is 2.30. The van der Waals surface area contributed by atoms with Crippen LogP contribution in [0.1, 0.15) is 45.2 Å². The number of Topliss-reactive ketones (excluding diaryl/α,β-unsaturated/α-hetero) is 1. The van der Waals surface area contributed by atoms with E-state index in [-0.39, 0.29) is 17.0 Å². The van der Waals surface area contributed by atoms with Gasteiger partial charge in [0.05, 0.1) is 10.5 Å². The number of nitrogens with one attached hydrogen (secondary N) is 1. The molecule has 1 aromatic heterocycles. The number of rotatable bonds is 7. The fourth-order valence-electron chi connectivity index (χ4n) is 4.51. The molecule has 0 aliphatic carbocycles. The van der Waals surface area contributed by atoms with Gasteiger partial charge in [-0.15, -0.1) is 0 Å². The first-order valence-electron chi connectivity index (χ1n) is 11.4. The maximum Gasteiger partial charge on any atom is 0.339 e. The van der Waals surface area contributed by atoms with Crippen LogP contribution in [0.15, 0.2) is 79.0 Å². The molecule has 1 atom stereocenters. The van der Waals surface area contributed by atoms with E-state index in [4.69, 9.17) is 4.74 Å². The topological polar surface area (TPSA) is 106 Å². The van der Waals surface area contributed by atoms with E-state index in [0.717, 1.165) is 36.8 Å². The van der Waals surface area contributed by atoms with Gasteiger partial charge in [0.15, 0.2) is 6.10 Å². The van der Waals surface area contributed by atoms with Crippen LogP contribution >= 0.6 is 0 Å². The number of H-pyrrole nitrogens is 1. The first kappa shape index (κ1) is 22.3. The number of carbonyl (C=O) groups excluding carboxylic acids is 2. The number of nitrogens with zero attached hydrogens (tertiary/aromatic N) is 2. The molecule has 1 unspecified atom stereocenters. The van der Waals surface area contributed by atoms with Gasteiger partial charge in [0, 0.05) is 47.4 Å². The summed E-state index contributed by atoms with van der Waals surface area (Å²) < 4.78 is 5.72. The monoisotopic (exact) mass is 469 g/mol. The van der Waals surface area contributed by atoms with Gasteiger partial charge in [-0.3, -0.25) is 14.9 Å². The van der Waals surface area contributed by atoms with Crippen LogP contribution < -0.4 is 4.90 Å². The summed E-state index contributed by atoms with van der Waals surface area (Å²) >= 11 is 0. The number of aromatic amines is 1. The Kier molecular flexibility index (Phi) is 6.01. The summed E-state index contributed by atoms with van der Waals surface area (Å²) in [5, 5.41) is 12.5. The molecule has 1 aliphatic heterocycles. The minimum Gasteiger partial charge on any atom is -0.445 e. The third kappa shape index (κ3) is 4.38. The van der Waals surface area contributed by atoms with E-state index < -0.39 is 17.0 Å². The minimum absolute atomic E-state index is 0.0207. The number of ether oxygens (including phenoxy) is 1. The Morgan fingerprint density at radius 2 is 1.69 bits per heavy atom. The summed E-state index contributed by atoms with van der Waals surface area (Å²) in [6, 6.07) is 20.4. The minimum atomic E-state index is -1.21. The largest absolute Gasteiger partial charge is 0.445 e. The Hall–Kier alpha value is -4.46. The van der Waals surface area contributed by atoms with Crippen molar-refractivity contribution in [1.29, 1.82) is 0 Å². The average Bonchev–Trinajstić information content (AvgIpc) is 3.57. The van der Waals surface area contributed by atoms with Crippen LogP contribution in [0.4, 0.5) is 11.4 Å². The quantitative estimate of drug-likeness (QED) is 0.167. The molecule has 8 heteroatoms. The van der Waals surface area contributed by atoms with Gasteiger partial charge in [-0.2, -0.15) is 0 Å². The second-order valence-electron chi connectivity index (χ2n) is 8.46. The van der Waals surface area contributed by atoms with E-state index in [1.54, 1.807) is 42.6 Å². The molecule has 5 rings (SSSR count). The maximum absolute atomic E-state index is 13.6. The Balaban J connectivity index is 1.48. The molecule has 176 valence electrons. The van der Waals surface area contributed by atoms with E-state index >= 15 is 0 Å². The molecule has 1 fully saturated rings. The van der Waals surface area contributed by atoms with E-state index in [0.29, 0.717) is 16.8 Å². The number of nitro groups is 1. The average molecular weight is 469 g/mol. The number of para-hydroxylation sites is 1. The van der Waals surface area contributed by atoms with Crippen molar-refractivity contribution < 1.29 is 19.2 Å². The summed E-state index contributed by atoms with van der Waals surface area (Å²) in [5.41, 5.74) is 2.06. The number of anilines is 1. The number of benzene rings is 3. The summed E-state index contributed by atoms with van der Waals surface area (Å²) in [4.78, 5) is 43.0. The molecule has 1 N–H and O–H groups in total. The summed E-state index contributed by atoms with van der Waals surface area (Å²) in [6.45, 7) is 1.47. The van der Waals surface area contributed by atoms with E-state index in [1.165, 1.54) is 12.1 Å². The smallest absolute Gasteiger partial charge is 0.339 e. The van der Waals surface area contributed by atoms with Gasteiger partial charge in [0.1, 0.15) is 5.69 Å². The first-order chi connectivity index (χ1) is 17.0. The lowest BCUT2D eigenvalue weighted by molar-refractivity contribution is -0.384. The Labute approximate surface area is 201 Å². The fraction of sp³-hybridized carbons (Fsp3) is 0.185. The van der Waals surface area contributed by atoms with Crippen molar-refractivity contribution in [2.45, 2.75) is 18.9 Å². The summed E-state index contributed by atoms with van der Waals surface area (Å²) in [6.07, 6.45) is 2.33. The summed E-state index contributed by atoms with van der Waals surface area (Å²) in [7, 11) is 0. The number of fused-ring (bicyclic) bond motifs is 1. The molecule has 8 nitrogen and oxygen atoms in total. The number of hydrogen-bond acceptors (Lipinski definition) is 6. The third-order valence-electron chi connectivity index (χ3n) is 6.27. The number of aromatic nitrogens is 1. The number of ketones is 1. The van der Waals surface area contributed by atoms with Gasteiger partial charge in [-0.05, 0) is 31.0 Å². The number of carbonyl (C=O) groups is 2. The van der Waals surface area contributed by atoms with Gasteiger partial charge < -0.3 is 14.6 Å². The van der Waals surface area contributed by atoms with Crippen molar-refractivity contribution in [3.8, 4) is 0 Å². The van der Waals surface area contributed by atoms with Gasteiger partial charge >= 0.3 is 5.97 Å². The van der Waals surface area contributed by atoms with Gasteiger partial charge in [-0.25, -0.2) is 4.79 Å². The van der Waals surface area contributed by atoms with Crippen molar-refractivity contribution in [2.75, 3.05) is 18.0 Å². The molecule has 1 saturated heterocycles. The van der Waals surface area contributed by atoms with Crippen LogP contribution in [0, 0.1) is 10.1 Å². The predicted octanol–water partition coefficient (Wildman–Crippen LogP) is 5.46. The Morgan fingerprint density at radius 1 is 0.971 bits per heavy atom. The van der Waals surface area contributed by atoms with Crippen molar-refractivity contribution >= 4 is 34.0 Å². The van der Waals surface area contributed by atoms with Crippen LogP contribution in [0.3, 0.4) is 0 Å². The number of nitro benzene ring substituents is 1. The standard InChI is InChI=1S/C27H23N3O5/c31-25(21-17-28-22-11-5-4-10-20(21)22)26(18-8-2-1-3-9-18)35-27(32)19-12-13-23(24(16-19)30(33)34)29-14-6-7-15-29/h1-5,8-13,16-17,26,28H,6-7,14-15H2. The molecule has 35 heavy (non-hydrogen) atoms. The predicted molar refractivity (Wildman–Crippen MR) is 132 cm³/mol. The van der Waals surface area contributed by atoms with E-state index in [9.17, 15) is 19.7 Å². The zero-order valence-corrected chi connectivity index (χ0v) is 18.8. The lowest BCUT2D eigenvalue weighted by atomic mass is 9.99. The second kappa shape index (κ2) is 9.42. The highest BCUT2D eigenvalue weighted by atomic mass is 16.6. The van der Waals surface area contributed by atoms with Crippen molar-refractivity contribution in [2.24, 2.45) is 0 Å². The number of esters is 1. The van der Waals surface area contributed by atoms with Crippen LogP contribution in [0.5, 0.6) is 0 Å². The van der Waals surface area contributed by atoms with Gasteiger partial charge in [0.2, 0.25) is 5.78 Å². The molecule has 0 radical (unpaired) electrons. The normalized spacial score (nSPS) is 14.1. The zero-order chi connectivity index (χ0) is 24.4. The van der Waals surface area contributed by atoms with E-state index in [2.05, 4.69) is 4.98 Å². The van der Waals surface area contributed by atoms with Crippen molar-refractivity contribution in [1.82, 2.24) is 4.98 Å². The maximum atomic E-state index is 13.6. The van der Waals surface area contributed by atoms with Crippen LogP contribution in [0.25, 0.3) is 10.9 Å². The molecule has 0 bridgehead atoms. The van der Waals surface area contributed by atoms with Crippen molar-refractivity contribution in [3.63, 3.8) is 0 Å². The first-order valence-corrected chi connectivity index (χ1v) is 11.4. The molecule has 0 spiro atoms. The van der Waals surface area contributed by atoms with Crippen LogP contribution in [-0.2, 0) is 4.74 Å². The number of hydrogen-bond donors (Lipinski definition) is 1. The molecular weight excluding hydrogens is 446 g/mol. The highest BCUT2D eigenvalue weighted by molar-refractivity contribution is 6.11. The Bertz CT molecular complexity index is 1410. The molecule has 2 heterocycles. The van der Waals surface area contributed by atoms with Gasteiger partial charge in [0.25, 0.3) is 5.69 Å². The molecule has 1 aliphatic rings. The Morgan fingerprint density at radius 3 is 2.43 bits per heavy atom. The molecule has 4 aromatic rings. The van der Waals surface area contributed by atoms with Crippen LogP contribution in [-0.4, -0.2) is 34.7 Å². The lowest BCUT2D eigenvalue weighted by Gasteiger charge is -2.19. The third-order valence-corrected chi connectivity index (χ3v) is 6.27. The van der Waals surface area contributed by atoms with E-state index in [1.807, 2.05) is 29.2 Å². The fourth-order valence-corrected chi connectivity index (χ4v) is 4.51. The summed E-state index contributed by atoms with van der Waals surface area (Å²) in [5.74, 6) is -1.19.